The number of benzene rings is 1. The van der Waals surface area contributed by atoms with Gasteiger partial charge in [0, 0.05) is 6.07 Å². The summed E-state index contributed by atoms with van der Waals surface area (Å²) in [5.74, 6) is -0.394. The zero-order valence-corrected chi connectivity index (χ0v) is 8.75. The molecule has 0 radical (unpaired) electrons. The summed E-state index contributed by atoms with van der Waals surface area (Å²) < 4.78 is 0. The molecule has 1 rings (SSSR count). The number of nitro benzene ring substituents is 1. The van der Waals surface area contributed by atoms with Crippen LogP contribution in [0.3, 0.4) is 0 Å². The van der Waals surface area contributed by atoms with Crippen molar-refractivity contribution >= 4 is 23.1 Å². The number of ketones is 1. The van der Waals surface area contributed by atoms with E-state index in [1.165, 1.54) is 18.2 Å². The Hall–Kier alpha value is -1.46. The minimum atomic E-state index is -0.616. The van der Waals surface area contributed by atoms with E-state index in [1.807, 2.05) is 0 Å². The molecular weight excluding hydrogens is 220 g/mol. The summed E-state index contributed by atoms with van der Waals surface area (Å²) in [4.78, 5) is 21.6. The van der Waals surface area contributed by atoms with Gasteiger partial charge in [0.05, 0.1) is 16.5 Å². The number of nitrogens with zero attached hydrogens (tertiary/aromatic N) is 1. The molecule has 0 bridgehead atoms. The first kappa shape index (κ1) is 11.6. The molecule has 0 spiro atoms. The molecule has 0 aliphatic heterocycles. The zero-order chi connectivity index (χ0) is 11.4. The average molecular weight is 229 g/mol. The maximum absolute atomic E-state index is 11.5. The van der Waals surface area contributed by atoms with Crippen molar-refractivity contribution in [1.29, 1.82) is 0 Å². The first-order valence-electron chi connectivity index (χ1n) is 4.18. The van der Waals surface area contributed by atoms with E-state index in [2.05, 4.69) is 5.32 Å². The molecular formula is C9H9ClN2O3. The van der Waals surface area contributed by atoms with Gasteiger partial charge in [-0.1, -0.05) is 17.7 Å². The van der Waals surface area contributed by atoms with Crippen molar-refractivity contribution in [2.75, 3.05) is 13.6 Å². The molecule has 0 aromatic heterocycles. The van der Waals surface area contributed by atoms with Crippen LogP contribution in [0, 0.1) is 10.1 Å². The maximum Gasteiger partial charge on any atom is 0.281 e. The van der Waals surface area contributed by atoms with Gasteiger partial charge >= 0.3 is 0 Å². The molecule has 0 aliphatic carbocycles. The van der Waals surface area contributed by atoms with Gasteiger partial charge < -0.3 is 5.32 Å². The highest BCUT2D eigenvalue weighted by atomic mass is 35.5. The third-order valence-corrected chi connectivity index (χ3v) is 2.12. The second kappa shape index (κ2) is 4.86. The monoisotopic (exact) mass is 228 g/mol. The maximum atomic E-state index is 11.5. The van der Waals surface area contributed by atoms with E-state index in [-0.39, 0.29) is 22.8 Å². The van der Waals surface area contributed by atoms with E-state index < -0.39 is 10.7 Å². The molecule has 1 N–H and O–H groups in total. The van der Waals surface area contributed by atoms with Gasteiger partial charge in [-0.2, -0.15) is 0 Å². The largest absolute Gasteiger partial charge is 0.313 e. The van der Waals surface area contributed by atoms with Crippen LogP contribution < -0.4 is 5.32 Å². The molecule has 0 unspecified atom stereocenters. The van der Waals surface area contributed by atoms with Crippen LogP contribution in [0.5, 0.6) is 0 Å². The fraction of sp³-hybridized carbons (Fsp3) is 0.222. The molecule has 0 atom stereocenters. The fourth-order valence-corrected chi connectivity index (χ4v) is 1.46. The van der Waals surface area contributed by atoms with E-state index in [0.717, 1.165) is 0 Å². The highest BCUT2D eigenvalue weighted by Gasteiger charge is 2.22. The van der Waals surface area contributed by atoms with Gasteiger partial charge in [0.15, 0.2) is 5.78 Å². The third-order valence-electron chi connectivity index (χ3n) is 1.80. The Balaban J connectivity index is 3.24. The van der Waals surface area contributed by atoms with Crippen LogP contribution in [0.25, 0.3) is 0 Å². The molecule has 0 heterocycles. The Morgan fingerprint density at radius 3 is 2.80 bits per heavy atom. The first-order chi connectivity index (χ1) is 7.07. The molecule has 0 aliphatic rings. The number of hydrogen-bond acceptors (Lipinski definition) is 4. The smallest absolute Gasteiger partial charge is 0.281 e. The predicted octanol–water partition coefficient (Wildman–Crippen LogP) is 1.65. The lowest BCUT2D eigenvalue weighted by molar-refractivity contribution is -0.385. The van der Waals surface area contributed by atoms with Crippen molar-refractivity contribution in [3.63, 3.8) is 0 Å². The van der Waals surface area contributed by atoms with Crippen molar-refractivity contribution < 1.29 is 9.72 Å². The Morgan fingerprint density at radius 1 is 1.60 bits per heavy atom. The summed E-state index contributed by atoms with van der Waals surface area (Å²) in [5, 5.41) is 13.4. The lowest BCUT2D eigenvalue weighted by Crippen LogP contribution is -2.19. The van der Waals surface area contributed by atoms with Gasteiger partial charge in [-0.3, -0.25) is 14.9 Å². The molecule has 15 heavy (non-hydrogen) atoms. The summed E-state index contributed by atoms with van der Waals surface area (Å²) in [6, 6.07) is 4.16. The number of nitrogens with one attached hydrogen (secondary N) is 1. The molecule has 0 fully saturated rings. The number of Topliss-reactive ketones (excluding diaryl/α,β-unsaturated/α-hetero) is 1. The van der Waals surface area contributed by atoms with Crippen molar-refractivity contribution in [3.8, 4) is 0 Å². The van der Waals surface area contributed by atoms with Crippen molar-refractivity contribution in [1.82, 2.24) is 5.32 Å². The zero-order valence-electron chi connectivity index (χ0n) is 7.99. The Labute approximate surface area is 91.2 Å². The summed E-state index contributed by atoms with van der Waals surface area (Å²) in [6.45, 7) is 0.0184. The van der Waals surface area contributed by atoms with E-state index >= 15 is 0 Å². The first-order valence-corrected chi connectivity index (χ1v) is 4.56. The fourth-order valence-electron chi connectivity index (χ4n) is 1.19. The highest BCUT2D eigenvalue weighted by molar-refractivity contribution is 6.34. The summed E-state index contributed by atoms with van der Waals surface area (Å²) in [7, 11) is 1.58. The molecule has 6 heteroatoms. The van der Waals surface area contributed by atoms with Gasteiger partial charge in [-0.05, 0) is 13.1 Å². The highest BCUT2D eigenvalue weighted by Crippen LogP contribution is 2.26. The van der Waals surface area contributed by atoms with Gasteiger partial charge in [0.2, 0.25) is 0 Å². The van der Waals surface area contributed by atoms with Gasteiger partial charge in [0.25, 0.3) is 5.69 Å². The molecule has 0 saturated carbocycles. The van der Waals surface area contributed by atoms with Gasteiger partial charge in [-0.25, -0.2) is 0 Å². The number of halogens is 1. The van der Waals surface area contributed by atoms with E-state index in [4.69, 9.17) is 11.6 Å². The number of carbonyl (C=O) groups is 1. The van der Waals surface area contributed by atoms with Crippen molar-refractivity contribution in [2.24, 2.45) is 0 Å². The van der Waals surface area contributed by atoms with Crippen LogP contribution >= 0.6 is 11.6 Å². The summed E-state index contributed by atoms with van der Waals surface area (Å²) in [5.41, 5.74) is -0.304. The minimum Gasteiger partial charge on any atom is -0.313 e. The third kappa shape index (κ3) is 2.51. The Kier molecular flexibility index (Phi) is 3.76. The number of rotatable bonds is 4. The van der Waals surface area contributed by atoms with Crippen LogP contribution in [-0.4, -0.2) is 24.3 Å². The Bertz CT molecular complexity index is 406. The quantitative estimate of drug-likeness (QED) is 0.483. The lowest BCUT2D eigenvalue weighted by atomic mass is 10.1. The van der Waals surface area contributed by atoms with E-state index in [9.17, 15) is 14.9 Å². The van der Waals surface area contributed by atoms with Crippen LogP contribution in [0.2, 0.25) is 5.02 Å². The molecule has 0 amide bonds. The van der Waals surface area contributed by atoms with Crippen molar-refractivity contribution in [2.45, 2.75) is 0 Å². The molecule has 80 valence electrons. The molecule has 1 aromatic carbocycles. The Morgan fingerprint density at radius 2 is 2.27 bits per heavy atom. The van der Waals surface area contributed by atoms with Gasteiger partial charge in [0.1, 0.15) is 5.56 Å². The normalized spacial score (nSPS) is 10.0. The van der Waals surface area contributed by atoms with Gasteiger partial charge in [-0.15, -0.1) is 0 Å². The van der Waals surface area contributed by atoms with E-state index in [1.54, 1.807) is 7.05 Å². The molecule has 0 saturated heterocycles. The number of hydrogen-bond donors (Lipinski definition) is 1. The SMILES string of the molecule is CNCC(=O)c1c(Cl)cccc1[N+](=O)[O-]. The number of nitro groups is 1. The van der Waals surface area contributed by atoms with Crippen molar-refractivity contribution in [3.05, 3.63) is 38.9 Å². The minimum absolute atomic E-state index is 0.0184. The standard InChI is InChI=1S/C9H9ClN2O3/c1-11-5-8(13)9-6(10)3-2-4-7(9)12(14)15/h2-4,11H,5H2,1H3. The summed E-state index contributed by atoms with van der Waals surface area (Å²) >= 11 is 5.75. The predicted molar refractivity (Wildman–Crippen MR) is 56.4 cm³/mol. The number of carbonyl (C=O) groups excluding carboxylic acids is 1. The summed E-state index contributed by atoms with van der Waals surface area (Å²) in [6.07, 6.45) is 0. The van der Waals surface area contributed by atoms with Crippen LogP contribution in [-0.2, 0) is 0 Å². The van der Waals surface area contributed by atoms with E-state index in [0.29, 0.717) is 0 Å². The topological polar surface area (TPSA) is 72.2 Å². The molecule has 1 aromatic rings. The second-order valence-corrected chi connectivity index (χ2v) is 3.25. The van der Waals surface area contributed by atoms with Crippen LogP contribution in [0.15, 0.2) is 18.2 Å². The second-order valence-electron chi connectivity index (χ2n) is 2.84. The lowest BCUT2D eigenvalue weighted by Gasteiger charge is -2.03. The van der Waals surface area contributed by atoms with Crippen LogP contribution in [0.1, 0.15) is 10.4 Å². The number of likely N-dealkylation sites (N-methyl/N-ethyl adjacent to an activating group) is 1. The van der Waals surface area contributed by atoms with Crippen LogP contribution in [0.4, 0.5) is 5.69 Å². The average Bonchev–Trinajstić information content (AvgIpc) is 2.17. The molecule has 5 nitrogen and oxygen atoms in total.